The van der Waals surface area contributed by atoms with Gasteiger partial charge in [-0.05, 0) is 45.3 Å². The van der Waals surface area contributed by atoms with Crippen molar-refractivity contribution in [3.8, 4) is 0 Å². The van der Waals surface area contributed by atoms with Crippen LogP contribution in [0, 0.1) is 0 Å². The number of alkyl halides is 3. The van der Waals surface area contributed by atoms with Gasteiger partial charge >= 0.3 is 6.18 Å². The molecule has 0 aromatic heterocycles. The minimum atomic E-state index is -4.21. The maximum absolute atomic E-state index is 12.1. The second kappa shape index (κ2) is 6.76. The molecule has 0 bridgehead atoms. The summed E-state index contributed by atoms with van der Waals surface area (Å²) in [5.74, 6) is -0.245. The summed E-state index contributed by atoms with van der Waals surface area (Å²) in [5, 5.41) is 5.71. The van der Waals surface area contributed by atoms with Crippen LogP contribution in [0.25, 0.3) is 0 Å². The number of rotatable bonds is 4. The molecule has 1 amide bonds. The lowest BCUT2D eigenvalue weighted by atomic mass is 10.0. The lowest BCUT2D eigenvalue weighted by Crippen LogP contribution is -2.51. The second-order valence-corrected chi connectivity index (χ2v) is 5.53. The summed E-state index contributed by atoms with van der Waals surface area (Å²) in [6.07, 6.45) is -1.46. The molecule has 0 aliphatic carbocycles. The van der Waals surface area contributed by atoms with Crippen LogP contribution >= 0.6 is 0 Å². The smallest absolute Gasteiger partial charge is 0.354 e. The van der Waals surface area contributed by atoms with E-state index in [9.17, 15) is 18.0 Å². The standard InChI is InChI=1S/C13H22F3N3O/c14-13(15,16)5-8-18-12(20)11-2-1-9-19(11)10-3-6-17-7-4-10/h10-11,17H,1-9H2,(H,18,20). The van der Waals surface area contributed by atoms with Crippen molar-refractivity contribution in [1.82, 2.24) is 15.5 Å². The van der Waals surface area contributed by atoms with Crippen molar-refractivity contribution in [1.29, 1.82) is 0 Å². The summed E-state index contributed by atoms with van der Waals surface area (Å²) in [5.41, 5.74) is 0. The molecule has 116 valence electrons. The average Bonchev–Trinajstić information content (AvgIpc) is 2.87. The van der Waals surface area contributed by atoms with Gasteiger partial charge < -0.3 is 10.6 Å². The van der Waals surface area contributed by atoms with Gasteiger partial charge in [-0.2, -0.15) is 13.2 Å². The second-order valence-electron chi connectivity index (χ2n) is 5.53. The van der Waals surface area contributed by atoms with E-state index in [1.807, 2.05) is 0 Å². The van der Waals surface area contributed by atoms with Crippen molar-refractivity contribution in [2.45, 2.75) is 50.4 Å². The minimum absolute atomic E-state index is 0.244. The quantitative estimate of drug-likeness (QED) is 0.820. The van der Waals surface area contributed by atoms with Crippen LogP contribution in [0.1, 0.15) is 32.1 Å². The van der Waals surface area contributed by atoms with Crippen LogP contribution in [0.15, 0.2) is 0 Å². The molecule has 2 heterocycles. The molecule has 2 N–H and O–H groups in total. The Labute approximate surface area is 117 Å². The molecule has 20 heavy (non-hydrogen) atoms. The molecule has 7 heteroatoms. The number of hydrogen-bond donors (Lipinski definition) is 2. The first kappa shape index (κ1) is 15.6. The topological polar surface area (TPSA) is 44.4 Å². The van der Waals surface area contributed by atoms with Crippen LogP contribution < -0.4 is 10.6 Å². The zero-order valence-corrected chi connectivity index (χ0v) is 11.5. The summed E-state index contributed by atoms with van der Waals surface area (Å²) in [7, 11) is 0. The van der Waals surface area contributed by atoms with Gasteiger partial charge in [-0.3, -0.25) is 9.69 Å². The fourth-order valence-electron chi connectivity index (χ4n) is 3.09. The van der Waals surface area contributed by atoms with Crippen LogP contribution in [0.3, 0.4) is 0 Å². The largest absolute Gasteiger partial charge is 0.390 e. The lowest BCUT2D eigenvalue weighted by Gasteiger charge is -2.35. The van der Waals surface area contributed by atoms with Crippen LogP contribution in [-0.4, -0.2) is 55.2 Å². The van der Waals surface area contributed by atoms with E-state index < -0.39 is 12.6 Å². The molecule has 0 saturated carbocycles. The number of nitrogens with one attached hydrogen (secondary N) is 2. The highest BCUT2D eigenvalue weighted by molar-refractivity contribution is 5.82. The van der Waals surface area contributed by atoms with Crippen molar-refractivity contribution in [2.24, 2.45) is 0 Å². The highest BCUT2D eigenvalue weighted by atomic mass is 19.4. The Kier molecular flexibility index (Phi) is 5.26. The number of hydrogen-bond acceptors (Lipinski definition) is 3. The molecular weight excluding hydrogens is 271 g/mol. The van der Waals surface area contributed by atoms with E-state index in [0.717, 1.165) is 45.3 Å². The van der Waals surface area contributed by atoms with Crippen molar-refractivity contribution < 1.29 is 18.0 Å². The monoisotopic (exact) mass is 293 g/mol. The van der Waals surface area contributed by atoms with E-state index >= 15 is 0 Å². The van der Waals surface area contributed by atoms with Gasteiger partial charge in [0.1, 0.15) is 0 Å². The summed E-state index contributed by atoms with van der Waals surface area (Å²) < 4.78 is 36.2. The molecule has 2 fully saturated rings. The van der Waals surface area contributed by atoms with E-state index in [0.29, 0.717) is 6.04 Å². The number of carbonyl (C=O) groups is 1. The van der Waals surface area contributed by atoms with E-state index in [4.69, 9.17) is 0 Å². The van der Waals surface area contributed by atoms with Crippen molar-refractivity contribution in [3.63, 3.8) is 0 Å². The van der Waals surface area contributed by atoms with E-state index in [2.05, 4.69) is 15.5 Å². The first-order chi connectivity index (χ1) is 9.47. The Morgan fingerprint density at radius 1 is 1.25 bits per heavy atom. The van der Waals surface area contributed by atoms with Gasteiger partial charge in [-0.1, -0.05) is 0 Å². The maximum atomic E-state index is 12.1. The molecule has 0 radical (unpaired) electrons. The summed E-state index contributed by atoms with van der Waals surface area (Å²) in [4.78, 5) is 14.2. The Bertz CT molecular complexity index is 329. The molecular formula is C13H22F3N3O. The van der Waals surface area contributed by atoms with Crippen LogP contribution in [-0.2, 0) is 4.79 Å². The maximum Gasteiger partial charge on any atom is 0.390 e. The highest BCUT2D eigenvalue weighted by Crippen LogP contribution is 2.24. The minimum Gasteiger partial charge on any atom is -0.354 e. The van der Waals surface area contributed by atoms with E-state index in [1.165, 1.54) is 0 Å². The Hall–Kier alpha value is -0.820. The molecule has 2 aliphatic rings. The number of likely N-dealkylation sites (tertiary alicyclic amines) is 1. The summed E-state index contributed by atoms with van der Waals surface area (Å²) >= 11 is 0. The molecule has 1 unspecified atom stereocenters. The molecule has 2 rings (SSSR count). The highest BCUT2D eigenvalue weighted by Gasteiger charge is 2.36. The molecule has 2 aliphatic heterocycles. The van der Waals surface area contributed by atoms with Gasteiger partial charge in [0.15, 0.2) is 0 Å². The fraction of sp³-hybridized carbons (Fsp3) is 0.923. The fourth-order valence-corrected chi connectivity index (χ4v) is 3.09. The van der Waals surface area contributed by atoms with Gasteiger partial charge in [-0.15, -0.1) is 0 Å². The Morgan fingerprint density at radius 3 is 2.60 bits per heavy atom. The summed E-state index contributed by atoms with van der Waals surface area (Å²) in [6, 6.07) is 0.142. The van der Waals surface area contributed by atoms with Gasteiger partial charge in [0.25, 0.3) is 0 Å². The molecule has 4 nitrogen and oxygen atoms in total. The SMILES string of the molecule is O=C(NCCC(F)(F)F)C1CCCN1C1CCNCC1. The van der Waals surface area contributed by atoms with Crippen molar-refractivity contribution in [2.75, 3.05) is 26.2 Å². The third-order valence-corrected chi connectivity index (χ3v) is 4.08. The first-order valence-corrected chi connectivity index (χ1v) is 7.28. The summed E-state index contributed by atoms with van der Waals surface area (Å²) in [6.45, 7) is 2.45. The Balaban J connectivity index is 1.81. The van der Waals surface area contributed by atoms with Gasteiger partial charge in [0, 0.05) is 12.6 Å². The van der Waals surface area contributed by atoms with Gasteiger partial charge in [0.2, 0.25) is 5.91 Å². The predicted octanol–water partition coefficient (Wildman–Crippen LogP) is 1.27. The zero-order valence-electron chi connectivity index (χ0n) is 11.5. The zero-order chi connectivity index (χ0) is 14.6. The number of halogens is 3. The Morgan fingerprint density at radius 2 is 1.95 bits per heavy atom. The van der Waals surface area contributed by atoms with Crippen molar-refractivity contribution >= 4 is 5.91 Å². The van der Waals surface area contributed by atoms with Crippen LogP contribution in [0.5, 0.6) is 0 Å². The molecule has 1 atom stereocenters. The van der Waals surface area contributed by atoms with Crippen LogP contribution in [0.4, 0.5) is 13.2 Å². The van der Waals surface area contributed by atoms with E-state index in [1.54, 1.807) is 0 Å². The molecule has 2 saturated heterocycles. The lowest BCUT2D eigenvalue weighted by molar-refractivity contribution is -0.137. The molecule has 0 spiro atoms. The number of piperidine rings is 1. The number of amides is 1. The third-order valence-electron chi connectivity index (χ3n) is 4.08. The molecule has 0 aromatic rings. The number of carbonyl (C=O) groups excluding carboxylic acids is 1. The van der Waals surface area contributed by atoms with Gasteiger partial charge in [-0.25, -0.2) is 0 Å². The van der Waals surface area contributed by atoms with E-state index in [-0.39, 0.29) is 18.5 Å². The van der Waals surface area contributed by atoms with Gasteiger partial charge in [0.05, 0.1) is 12.5 Å². The van der Waals surface area contributed by atoms with Crippen molar-refractivity contribution in [3.05, 3.63) is 0 Å². The molecule has 0 aromatic carbocycles. The number of nitrogens with zero attached hydrogens (tertiary/aromatic N) is 1. The van der Waals surface area contributed by atoms with Crippen LogP contribution in [0.2, 0.25) is 0 Å². The third kappa shape index (κ3) is 4.34. The average molecular weight is 293 g/mol. The first-order valence-electron chi connectivity index (χ1n) is 7.28. The predicted molar refractivity (Wildman–Crippen MR) is 69.3 cm³/mol. The normalized spacial score (nSPS) is 25.9.